The van der Waals surface area contributed by atoms with Crippen molar-refractivity contribution >= 4 is 29.3 Å². The molecule has 0 bridgehead atoms. The van der Waals surface area contributed by atoms with Crippen LogP contribution in [0.1, 0.15) is 41.3 Å². The minimum absolute atomic E-state index is 0.0520. The molecule has 4 rings (SSSR count). The largest absolute Gasteiger partial charge is 0.479 e. The maximum absolute atomic E-state index is 12.4. The van der Waals surface area contributed by atoms with E-state index in [1.165, 1.54) is 11.3 Å². The van der Waals surface area contributed by atoms with Crippen LogP contribution < -0.4 is 10.6 Å². The molecule has 1 heterocycles. The molecule has 2 amide bonds. The highest BCUT2D eigenvalue weighted by Crippen LogP contribution is 2.44. The van der Waals surface area contributed by atoms with Crippen molar-refractivity contribution in [1.29, 1.82) is 0 Å². The van der Waals surface area contributed by atoms with Crippen LogP contribution in [-0.2, 0) is 14.3 Å². The Balaban J connectivity index is 1.30. The van der Waals surface area contributed by atoms with Crippen LogP contribution in [0.4, 0.5) is 4.79 Å². The van der Waals surface area contributed by atoms with E-state index in [-0.39, 0.29) is 18.9 Å². The lowest BCUT2D eigenvalue weighted by Crippen LogP contribution is -2.40. The van der Waals surface area contributed by atoms with Crippen LogP contribution in [0.15, 0.2) is 66.0 Å². The Morgan fingerprint density at radius 1 is 0.970 bits per heavy atom. The third-order valence-corrected chi connectivity index (χ3v) is 6.52. The van der Waals surface area contributed by atoms with Crippen molar-refractivity contribution in [3.63, 3.8) is 0 Å². The van der Waals surface area contributed by atoms with Crippen molar-refractivity contribution in [2.45, 2.75) is 31.3 Å². The highest BCUT2D eigenvalue weighted by Gasteiger charge is 2.29. The molecule has 0 spiro atoms. The normalized spacial score (nSPS) is 14.0. The number of hydrogen-bond acceptors (Lipinski definition) is 5. The Kier molecular flexibility index (Phi) is 6.74. The number of carbonyl (C=O) groups excluding carboxylic acids is 2. The molecule has 8 heteroatoms. The molecule has 3 N–H and O–H groups in total. The van der Waals surface area contributed by atoms with Gasteiger partial charge in [-0.3, -0.25) is 4.79 Å². The summed E-state index contributed by atoms with van der Waals surface area (Å²) >= 11 is 1.25. The Morgan fingerprint density at radius 2 is 1.61 bits per heavy atom. The summed E-state index contributed by atoms with van der Waals surface area (Å²) in [5, 5.41) is 16.3. The van der Waals surface area contributed by atoms with Crippen molar-refractivity contribution in [1.82, 2.24) is 10.6 Å². The van der Waals surface area contributed by atoms with Gasteiger partial charge in [0, 0.05) is 23.3 Å². The number of rotatable bonds is 8. The predicted molar refractivity (Wildman–Crippen MR) is 125 cm³/mol. The van der Waals surface area contributed by atoms with Crippen LogP contribution >= 0.6 is 11.3 Å². The Hall–Kier alpha value is -3.65. The Labute approximate surface area is 195 Å². The van der Waals surface area contributed by atoms with Gasteiger partial charge in [-0.15, -0.1) is 11.3 Å². The molecule has 2 atom stereocenters. The van der Waals surface area contributed by atoms with Gasteiger partial charge in [-0.2, -0.15) is 0 Å². The number of alkyl carbamates (subject to hydrolysis) is 1. The van der Waals surface area contributed by atoms with Gasteiger partial charge in [0.15, 0.2) is 6.04 Å². The lowest BCUT2D eigenvalue weighted by atomic mass is 9.98. The number of carboxylic acids is 1. The lowest BCUT2D eigenvalue weighted by Gasteiger charge is -2.18. The fourth-order valence-corrected chi connectivity index (χ4v) is 4.87. The lowest BCUT2D eigenvalue weighted by molar-refractivity contribution is -0.142. The summed E-state index contributed by atoms with van der Waals surface area (Å²) in [6.07, 6.45) is -0.690. The van der Waals surface area contributed by atoms with Crippen LogP contribution in [0, 0.1) is 0 Å². The molecule has 33 heavy (non-hydrogen) atoms. The molecule has 170 valence electrons. The van der Waals surface area contributed by atoms with Crippen molar-refractivity contribution in [3.8, 4) is 11.1 Å². The zero-order valence-electron chi connectivity index (χ0n) is 18.0. The predicted octanol–water partition coefficient (Wildman–Crippen LogP) is 4.31. The van der Waals surface area contributed by atoms with E-state index in [0.717, 1.165) is 22.3 Å². The van der Waals surface area contributed by atoms with Crippen LogP contribution in [0.25, 0.3) is 11.1 Å². The first kappa shape index (κ1) is 22.5. The second kappa shape index (κ2) is 9.87. The smallest absolute Gasteiger partial charge is 0.407 e. The highest BCUT2D eigenvalue weighted by molar-refractivity contribution is 7.10. The number of aliphatic carboxylic acids is 1. The molecule has 7 nitrogen and oxygen atoms in total. The van der Waals surface area contributed by atoms with Gasteiger partial charge >= 0.3 is 12.1 Å². The van der Waals surface area contributed by atoms with Crippen LogP contribution in [-0.4, -0.2) is 35.7 Å². The summed E-state index contributed by atoms with van der Waals surface area (Å²) in [4.78, 5) is 36.7. The number of thiophene rings is 1. The molecule has 1 unspecified atom stereocenters. The molecule has 0 saturated heterocycles. The molecule has 1 aliphatic rings. The minimum Gasteiger partial charge on any atom is -0.479 e. The average Bonchev–Trinajstić information content (AvgIpc) is 3.42. The first-order chi connectivity index (χ1) is 15.9. The van der Waals surface area contributed by atoms with E-state index in [0.29, 0.717) is 4.88 Å². The standard InChI is InChI=1S/C25H24N2O5S/c1-15(13-22(28)27-23(24(29)30)21-11-6-12-33-21)26-25(31)32-14-20-18-9-4-2-7-16(18)17-8-3-5-10-19(17)20/h2-12,15,20,23H,13-14H2,1H3,(H,26,31)(H,27,28)(H,29,30)/t15-,23?/m0/s1. The van der Waals surface area contributed by atoms with Gasteiger partial charge in [-0.1, -0.05) is 54.6 Å². The third kappa shape index (κ3) is 5.06. The molecule has 0 radical (unpaired) electrons. The molecular weight excluding hydrogens is 440 g/mol. The number of carboxylic acid groups (broad SMARTS) is 1. The van der Waals surface area contributed by atoms with Crippen molar-refractivity contribution in [2.75, 3.05) is 6.61 Å². The number of carbonyl (C=O) groups is 3. The molecule has 0 saturated carbocycles. The van der Waals surface area contributed by atoms with E-state index >= 15 is 0 Å². The fourth-order valence-electron chi connectivity index (χ4n) is 4.10. The number of hydrogen-bond donors (Lipinski definition) is 3. The van der Waals surface area contributed by atoms with Gasteiger partial charge in [0.05, 0.1) is 0 Å². The van der Waals surface area contributed by atoms with Gasteiger partial charge in [-0.25, -0.2) is 9.59 Å². The van der Waals surface area contributed by atoms with E-state index in [2.05, 4.69) is 22.8 Å². The second-order valence-electron chi connectivity index (χ2n) is 7.93. The fraction of sp³-hybridized carbons (Fsp3) is 0.240. The first-order valence-corrected chi connectivity index (χ1v) is 11.5. The zero-order valence-corrected chi connectivity index (χ0v) is 18.8. The van der Waals surface area contributed by atoms with E-state index < -0.39 is 30.1 Å². The molecular formula is C25H24N2O5S. The second-order valence-corrected chi connectivity index (χ2v) is 8.91. The van der Waals surface area contributed by atoms with Crippen LogP contribution in [0.3, 0.4) is 0 Å². The number of benzene rings is 2. The minimum atomic E-state index is -1.14. The maximum atomic E-state index is 12.4. The number of nitrogens with one attached hydrogen (secondary N) is 2. The summed E-state index contributed by atoms with van der Waals surface area (Å²) in [6, 6.07) is 17.9. The molecule has 0 fully saturated rings. The van der Waals surface area contributed by atoms with E-state index in [4.69, 9.17) is 4.74 Å². The van der Waals surface area contributed by atoms with Crippen LogP contribution in [0.2, 0.25) is 0 Å². The first-order valence-electron chi connectivity index (χ1n) is 10.6. The van der Waals surface area contributed by atoms with Crippen molar-refractivity contribution in [3.05, 3.63) is 82.0 Å². The van der Waals surface area contributed by atoms with E-state index in [1.54, 1.807) is 24.4 Å². The highest BCUT2D eigenvalue weighted by atomic mass is 32.1. The Bertz CT molecular complexity index is 1120. The number of ether oxygens (including phenoxy) is 1. The average molecular weight is 465 g/mol. The van der Waals surface area contributed by atoms with Crippen molar-refractivity contribution < 1.29 is 24.2 Å². The van der Waals surface area contributed by atoms with Gasteiger partial charge in [0.1, 0.15) is 6.61 Å². The Morgan fingerprint density at radius 3 is 2.18 bits per heavy atom. The maximum Gasteiger partial charge on any atom is 0.407 e. The third-order valence-electron chi connectivity index (χ3n) is 5.58. The molecule has 2 aromatic carbocycles. The zero-order chi connectivity index (χ0) is 23.4. The topological polar surface area (TPSA) is 105 Å². The molecule has 0 aliphatic heterocycles. The van der Waals surface area contributed by atoms with Gasteiger partial charge in [0.2, 0.25) is 5.91 Å². The van der Waals surface area contributed by atoms with E-state index in [1.807, 2.05) is 36.4 Å². The quantitative estimate of drug-likeness (QED) is 0.461. The molecule has 3 aromatic rings. The van der Waals surface area contributed by atoms with E-state index in [9.17, 15) is 19.5 Å². The summed E-state index contributed by atoms with van der Waals surface area (Å²) < 4.78 is 5.50. The van der Waals surface area contributed by atoms with Crippen molar-refractivity contribution in [2.24, 2.45) is 0 Å². The van der Waals surface area contributed by atoms with Gasteiger partial charge in [0.25, 0.3) is 0 Å². The number of amides is 2. The number of fused-ring (bicyclic) bond motifs is 3. The molecule has 1 aliphatic carbocycles. The SMILES string of the molecule is C[C@@H](CC(=O)NC(C(=O)O)c1cccs1)NC(=O)OCC1c2ccccc2-c2ccccc21. The summed E-state index contributed by atoms with van der Waals surface area (Å²) in [6.45, 7) is 1.85. The summed E-state index contributed by atoms with van der Waals surface area (Å²) in [7, 11) is 0. The summed E-state index contributed by atoms with van der Waals surface area (Å²) in [5.41, 5.74) is 4.52. The summed E-state index contributed by atoms with van der Waals surface area (Å²) in [5.74, 6) is -1.66. The van der Waals surface area contributed by atoms with Gasteiger partial charge < -0.3 is 20.5 Å². The van der Waals surface area contributed by atoms with Gasteiger partial charge in [-0.05, 0) is 40.6 Å². The molecule has 1 aromatic heterocycles. The van der Waals surface area contributed by atoms with Crippen LogP contribution in [0.5, 0.6) is 0 Å². The monoisotopic (exact) mass is 464 g/mol.